The third-order valence-corrected chi connectivity index (χ3v) is 5.11. The highest BCUT2D eigenvalue weighted by Crippen LogP contribution is 2.27. The summed E-state index contributed by atoms with van der Waals surface area (Å²) in [6.07, 6.45) is 3.15. The van der Waals surface area contributed by atoms with E-state index in [2.05, 4.69) is 10.4 Å². The molecule has 1 heterocycles. The van der Waals surface area contributed by atoms with E-state index in [-0.39, 0.29) is 16.9 Å². The summed E-state index contributed by atoms with van der Waals surface area (Å²) in [5.74, 6) is -0.697. The van der Waals surface area contributed by atoms with E-state index in [0.29, 0.717) is 16.3 Å². The van der Waals surface area contributed by atoms with Crippen molar-refractivity contribution in [1.29, 1.82) is 5.26 Å². The third kappa shape index (κ3) is 5.01. The second-order valence-electron chi connectivity index (χ2n) is 7.15. The number of anilines is 1. The molecule has 0 aliphatic rings. The number of nitriles is 1. The first-order valence-corrected chi connectivity index (χ1v) is 10.4. The summed E-state index contributed by atoms with van der Waals surface area (Å²) in [6, 6.07) is 23.9. The molecule has 1 amide bonds. The van der Waals surface area contributed by atoms with Crippen molar-refractivity contribution in [2.75, 3.05) is 5.32 Å². The summed E-state index contributed by atoms with van der Waals surface area (Å²) >= 11 is 6.02. The first-order valence-electron chi connectivity index (χ1n) is 10.0. The highest BCUT2D eigenvalue weighted by Gasteiger charge is 2.16. The molecule has 0 unspecified atom stereocenters. The van der Waals surface area contributed by atoms with Crippen molar-refractivity contribution in [3.63, 3.8) is 0 Å². The summed E-state index contributed by atoms with van der Waals surface area (Å²) < 4.78 is 1.66. The Morgan fingerprint density at radius 2 is 1.82 bits per heavy atom. The normalized spacial score (nSPS) is 11.0. The van der Waals surface area contributed by atoms with Crippen molar-refractivity contribution in [1.82, 2.24) is 9.78 Å². The molecule has 8 nitrogen and oxygen atoms in total. The number of para-hydroxylation sites is 1. The molecule has 0 atom stereocenters. The monoisotopic (exact) mass is 469 g/mol. The van der Waals surface area contributed by atoms with Crippen LogP contribution in [0.1, 0.15) is 5.56 Å². The van der Waals surface area contributed by atoms with Gasteiger partial charge in [0.2, 0.25) is 0 Å². The molecule has 1 aromatic heterocycles. The number of nitro benzene ring substituents is 1. The lowest BCUT2D eigenvalue weighted by molar-refractivity contribution is -0.384. The number of hydrogen-bond acceptors (Lipinski definition) is 5. The summed E-state index contributed by atoms with van der Waals surface area (Å²) in [5.41, 5.74) is 2.49. The number of rotatable bonds is 6. The van der Waals surface area contributed by atoms with Crippen molar-refractivity contribution < 1.29 is 9.72 Å². The van der Waals surface area contributed by atoms with Gasteiger partial charge in [0.25, 0.3) is 11.6 Å². The van der Waals surface area contributed by atoms with Gasteiger partial charge in [-0.15, -0.1) is 0 Å². The Bertz CT molecular complexity index is 1440. The maximum atomic E-state index is 12.8. The molecule has 0 fully saturated rings. The Labute approximate surface area is 199 Å². The lowest BCUT2D eigenvalue weighted by Gasteiger charge is -2.04. The van der Waals surface area contributed by atoms with Crippen molar-refractivity contribution >= 4 is 35.0 Å². The van der Waals surface area contributed by atoms with Crippen molar-refractivity contribution in [3.05, 3.63) is 111 Å². The number of amides is 1. The van der Waals surface area contributed by atoms with Gasteiger partial charge in [0.15, 0.2) is 0 Å². The smallest absolute Gasteiger partial charge is 0.271 e. The van der Waals surface area contributed by atoms with Gasteiger partial charge in [-0.1, -0.05) is 48.0 Å². The van der Waals surface area contributed by atoms with Crippen LogP contribution in [0.15, 0.2) is 90.6 Å². The molecule has 0 saturated carbocycles. The lowest BCUT2D eigenvalue weighted by Crippen LogP contribution is -2.13. The van der Waals surface area contributed by atoms with Gasteiger partial charge in [-0.3, -0.25) is 14.9 Å². The van der Waals surface area contributed by atoms with E-state index in [1.165, 1.54) is 30.3 Å². The Balaban J connectivity index is 1.73. The minimum Gasteiger partial charge on any atom is -0.321 e. The summed E-state index contributed by atoms with van der Waals surface area (Å²) in [6.45, 7) is 0. The molecule has 34 heavy (non-hydrogen) atoms. The number of halogens is 1. The zero-order chi connectivity index (χ0) is 24.1. The van der Waals surface area contributed by atoms with E-state index < -0.39 is 10.8 Å². The largest absolute Gasteiger partial charge is 0.321 e. The third-order valence-electron chi connectivity index (χ3n) is 4.86. The highest BCUT2D eigenvalue weighted by atomic mass is 35.5. The highest BCUT2D eigenvalue weighted by molar-refractivity contribution is 6.30. The molecule has 0 radical (unpaired) electrons. The molecular formula is C25H16ClN5O3. The average molecular weight is 470 g/mol. The number of nitrogens with one attached hydrogen (secondary N) is 1. The van der Waals surface area contributed by atoms with Gasteiger partial charge < -0.3 is 5.32 Å². The van der Waals surface area contributed by atoms with Crippen LogP contribution in [0.2, 0.25) is 5.02 Å². The van der Waals surface area contributed by atoms with E-state index >= 15 is 0 Å². The number of non-ortho nitro benzene ring substituents is 1. The molecule has 4 aromatic rings. The van der Waals surface area contributed by atoms with Gasteiger partial charge in [0.05, 0.1) is 16.3 Å². The maximum Gasteiger partial charge on any atom is 0.271 e. The van der Waals surface area contributed by atoms with Crippen LogP contribution in [0.5, 0.6) is 0 Å². The van der Waals surface area contributed by atoms with Crippen LogP contribution in [0, 0.1) is 21.4 Å². The Morgan fingerprint density at radius 1 is 1.09 bits per heavy atom. The van der Waals surface area contributed by atoms with Crippen molar-refractivity contribution in [2.24, 2.45) is 0 Å². The fraction of sp³-hybridized carbons (Fsp3) is 0. The van der Waals surface area contributed by atoms with E-state index in [4.69, 9.17) is 11.6 Å². The maximum absolute atomic E-state index is 12.8. The molecule has 0 saturated heterocycles. The van der Waals surface area contributed by atoms with Crippen LogP contribution in [0.4, 0.5) is 11.4 Å². The minimum absolute atomic E-state index is 0.172. The number of carbonyl (C=O) groups excluding carboxylic acids is 1. The van der Waals surface area contributed by atoms with Crippen LogP contribution >= 0.6 is 11.6 Å². The Hall–Kier alpha value is -4.74. The molecule has 166 valence electrons. The molecule has 3 aromatic carbocycles. The van der Waals surface area contributed by atoms with Gasteiger partial charge >= 0.3 is 0 Å². The van der Waals surface area contributed by atoms with Gasteiger partial charge in [0.1, 0.15) is 11.6 Å². The molecule has 0 aliphatic heterocycles. The zero-order valence-electron chi connectivity index (χ0n) is 17.6. The van der Waals surface area contributed by atoms with Gasteiger partial charge in [-0.2, -0.15) is 10.4 Å². The summed E-state index contributed by atoms with van der Waals surface area (Å²) in [7, 11) is 0. The molecule has 4 rings (SSSR count). The van der Waals surface area contributed by atoms with E-state index in [1.807, 2.05) is 36.4 Å². The molecular weight excluding hydrogens is 454 g/mol. The topological polar surface area (TPSA) is 114 Å². The zero-order valence-corrected chi connectivity index (χ0v) is 18.3. The van der Waals surface area contributed by atoms with Crippen LogP contribution in [-0.4, -0.2) is 20.6 Å². The van der Waals surface area contributed by atoms with E-state index in [1.54, 1.807) is 35.1 Å². The second-order valence-corrected chi connectivity index (χ2v) is 7.59. The van der Waals surface area contributed by atoms with Crippen LogP contribution in [0.3, 0.4) is 0 Å². The Morgan fingerprint density at radius 3 is 2.50 bits per heavy atom. The second kappa shape index (κ2) is 9.81. The van der Waals surface area contributed by atoms with Crippen LogP contribution < -0.4 is 5.32 Å². The molecule has 9 heteroatoms. The van der Waals surface area contributed by atoms with E-state index in [9.17, 15) is 20.2 Å². The number of carbonyl (C=O) groups is 1. The molecule has 1 N–H and O–H groups in total. The van der Waals surface area contributed by atoms with Crippen molar-refractivity contribution in [3.8, 4) is 23.0 Å². The predicted molar refractivity (Wildman–Crippen MR) is 129 cm³/mol. The van der Waals surface area contributed by atoms with Gasteiger partial charge in [0, 0.05) is 40.2 Å². The average Bonchev–Trinajstić information content (AvgIpc) is 3.27. The first kappa shape index (κ1) is 22.5. The number of benzene rings is 3. The SMILES string of the molecule is N#CC(=Cc1cn(-c2ccccc2)nc1-c1ccc(Cl)cc1)C(=O)Nc1cccc([N+](=O)[O-])c1. The fourth-order valence-corrected chi connectivity index (χ4v) is 3.36. The standard InChI is InChI=1S/C25H16ClN5O3/c26-20-11-9-17(10-12-20)24-19(16-30(29-24)22-6-2-1-3-7-22)13-18(15-27)25(32)28-21-5-4-8-23(14-21)31(33)34/h1-14,16H,(H,28,32). The number of hydrogen-bond donors (Lipinski definition) is 1. The van der Waals surface area contributed by atoms with Gasteiger partial charge in [-0.05, 0) is 36.4 Å². The van der Waals surface area contributed by atoms with Gasteiger partial charge in [-0.25, -0.2) is 4.68 Å². The quantitative estimate of drug-likeness (QED) is 0.170. The lowest BCUT2D eigenvalue weighted by atomic mass is 10.1. The Kier molecular flexibility index (Phi) is 6.48. The number of nitro groups is 1. The molecule has 0 spiro atoms. The van der Waals surface area contributed by atoms with Crippen LogP contribution in [0.25, 0.3) is 23.0 Å². The van der Waals surface area contributed by atoms with E-state index in [0.717, 1.165) is 11.3 Å². The summed E-state index contributed by atoms with van der Waals surface area (Å²) in [5, 5.41) is 28.4. The predicted octanol–water partition coefficient (Wildman–Crippen LogP) is 5.65. The fourth-order valence-electron chi connectivity index (χ4n) is 3.24. The first-order chi connectivity index (χ1) is 16.4. The molecule has 0 aliphatic carbocycles. The number of nitrogens with zero attached hydrogens (tertiary/aromatic N) is 4. The summed E-state index contributed by atoms with van der Waals surface area (Å²) in [4.78, 5) is 23.2. The minimum atomic E-state index is -0.697. The molecule has 0 bridgehead atoms. The van der Waals surface area contributed by atoms with Crippen LogP contribution in [-0.2, 0) is 4.79 Å². The number of aromatic nitrogens is 2. The van der Waals surface area contributed by atoms with Crippen molar-refractivity contribution in [2.45, 2.75) is 0 Å².